The Labute approximate surface area is 173 Å². The Bertz CT molecular complexity index is 1110. The molecule has 0 radical (unpaired) electrons. The molecular formula is C23H21N3O2S. The van der Waals surface area contributed by atoms with Crippen molar-refractivity contribution in [1.29, 1.82) is 0 Å². The summed E-state index contributed by atoms with van der Waals surface area (Å²) in [5, 5.41) is 2.93. The van der Waals surface area contributed by atoms with Crippen molar-refractivity contribution in [2.24, 2.45) is 0 Å². The van der Waals surface area contributed by atoms with Gasteiger partial charge in [-0.2, -0.15) is 0 Å². The second-order valence-corrected chi connectivity index (χ2v) is 7.63. The number of aryl methyl sites for hydroxylation is 1. The molecule has 5 nitrogen and oxygen atoms in total. The number of hydrogen-bond donors (Lipinski definition) is 1. The summed E-state index contributed by atoms with van der Waals surface area (Å²) in [6.45, 7) is 2.41. The van der Waals surface area contributed by atoms with Crippen LogP contribution in [-0.4, -0.2) is 21.0 Å². The number of nitrogens with one attached hydrogen (secondary N) is 1. The molecule has 2 aromatic heterocycles. The third kappa shape index (κ3) is 4.97. The van der Waals surface area contributed by atoms with Crippen LogP contribution in [0.15, 0.2) is 84.0 Å². The summed E-state index contributed by atoms with van der Waals surface area (Å²) in [5.74, 6) is 0.999. The number of hydrogen-bond acceptors (Lipinski definition) is 4. The molecule has 0 fully saturated rings. The minimum Gasteiger partial charge on any atom is -0.487 e. The van der Waals surface area contributed by atoms with E-state index in [-0.39, 0.29) is 5.91 Å². The third-order valence-corrected chi connectivity index (χ3v) is 5.55. The zero-order valence-corrected chi connectivity index (χ0v) is 16.9. The highest BCUT2D eigenvalue weighted by Gasteiger charge is 2.07. The molecule has 0 aliphatic carbocycles. The molecule has 0 spiro atoms. The minimum absolute atomic E-state index is 0.0456. The first kappa shape index (κ1) is 19.1. The molecule has 0 saturated heterocycles. The summed E-state index contributed by atoms with van der Waals surface area (Å²) in [7, 11) is 0. The zero-order valence-electron chi connectivity index (χ0n) is 16.0. The van der Waals surface area contributed by atoms with Gasteiger partial charge in [0.05, 0.1) is 11.4 Å². The van der Waals surface area contributed by atoms with Crippen molar-refractivity contribution >= 4 is 29.0 Å². The number of carbonyl (C=O) groups is 1. The number of anilines is 1. The third-order valence-electron chi connectivity index (χ3n) is 4.37. The highest BCUT2D eigenvalue weighted by Crippen LogP contribution is 2.23. The monoisotopic (exact) mass is 403 g/mol. The molecule has 146 valence electrons. The normalized spacial score (nSPS) is 10.8. The summed E-state index contributed by atoms with van der Waals surface area (Å²) >= 11 is 1.53. The van der Waals surface area contributed by atoms with E-state index in [9.17, 15) is 4.79 Å². The fraction of sp³-hybridized carbons (Fsp3) is 0.130. The molecule has 0 bridgehead atoms. The number of fused-ring (bicyclic) bond motifs is 1. The molecule has 0 aliphatic heterocycles. The SMILES string of the molecule is Cc1ccccc1SCC(=O)Nc1cccc(OCc2cn3ccccc3n2)c1. The first-order chi connectivity index (χ1) is 14.2. The number of aromatic nitrogens is 2. The topological polar surface area (TPSA) is 55.6 Å². The molecule has 0 unspecified atom stereocenters. The lowest BCUT2D eigenvalue weighted by Crippen LogP contribution is -2.14. The van der Waals surface area contributed by atoms with E-state index in [1.807, 2.05) is 90.4 Å². The summed E-state index contributed by atoms with van der Waals surface area (Å²) in [4.78, 5) is 17.9. The Kier molecular flexibility index (Phi) is 5.81. The van der Waals surface area contributed by atoms with Gasteiger partial charge in [-0.1, -0.05) is 30.3 Å². The number of thioether (sulfide) groups is 1. The molecule has 0 aliphatic rings. The second-order valence-electron chi connectivity index (χ2n) is 6.62. The largest absolute Gasteiger partial charge is 0.487 e. The standard InChI is InChI=1S/C23H21N3O2S/c1-17-7-2-3-10-21(17)29-16-23(27)25-18-8-6-9-20(13-18)28-15-19-14-26-12-5-4-11-22(26)24-19/h2-14H,15-16H2,1H3,(H,25,27). The van der Waals surface area contributed by atoms with Crippen LogP contribution in [0.2, 0.25) is 0 Å². The van der Waals surface area contributed by atoms with Crippen molar-refractivity contribution in [3.05, 3.63) is 90.4 Å². The van der Waals surface area contributed by atoms with Gasteiger partial charge in [-0.15, -0.1) is 11.8 Å². The molecule has 0 saturated carbocycles. The smallest absolute Gasteiger partial charge is 0.234 e. The van der Waals surface area contributed by atoms with Gasteiger partial charge in [0.15, 0.2) is 0 Å². The number of nitrogens with zero attached hydrogens (tertiary/aromatic N) is 2. The van der Waals surface area contributed by atoms with Crippen molar-refractivity contribution in [2.75, 3.05) is 11.1 Å². The summed E-state index contributed by atoms with van der Waals surface area (Å²) < 4.78 is 7.82. The van der Waals surface area contributed by atoms with Crippen molar-refractivity contribution in [1.82, 2.24) is 9.38 Å². The lowest BCUT2D eigenvalue weighted by molar-refractivity contribution is -0.113. The van der Waals surface area contributed by atoms with Crippen LogP contribution in [0.1, 0.15) is 11.3 Å². The maximum atomic E-state index is 12.3. The van der Waals surface area contributed by atoms with Crippen molar-refractivity contribution < 1.29 is 9.53 Å². The van der Waals surface area contributed by atoms with E-state index in [0.29, 0.717) is 23.8 Å². The highest BCUT2D eigenvalue weighted by molar-refractivity contribution is 8.00. The van der Waals surface area contributed by atoms with Crippen LogP contribution < -0.4 is 10.1 Å². The van der Waals surface area contributed by atoms with Gasteiger partial charge in [0, 0.05) is 29.0 Å². The Morgan fingerprint density at radius 2 is 1.97 bits per heavy atom. The van der Waals surface area contributed by atoms with Gasteiger partial charge in [0.2, 0.25) is 5.91 Å². The molecule has 2 heterocycles. The molecule has 29 heavy (non-hydrogen) atoms. The van der Waals surface area contributed by atoms with Gasteiger partial charge < -0.3 is 14.5 Å². The van der Waals surface area contributed by atoms with E-state index >= 15 is 0 Å². The Morgan fingerprint density at radius 3 is 2.83 bits per heavy atom. The van der Waals surface area contributed by atoms with Crippen LogP contribution in [0.3, 0.4) is 0 Å². The van der Waals surface area contributed by atoms with Crippen LogP contribution in [0, 0.1) is 6.92 Å². The minimum atomic E-state index is -0.0456. The molecule has 1 amide bonds. The van der Waals surface area contributed by atoms with Gasteiger partial charge in [-0.05, 0) is 42.8 Å². The van der Waals surface area contributed by atoms with E-state index < -0.39 is 0 Å². The molecular weight excluding hydrogens is 382 g/mol. The molecule has 6 heteroatoms. The van der Waals surface area contributed by atoms with Crippen LogP contribution in [0.5, 0.6) is 5.75 Å². The summed E-state index contributed by atoms with van der Waals surface area (Å²) in [6, 6.07) is 21.3. The van der Waals surface area contributed by atoms with Crippen LogP contribution >= 0.6 is 11.8 Å². The highest BCUT2D eigenvalue weighted by atomic mass is 32.2. The van der Waals surface area contributed by atoms with E-state index in [0.717, 1.165) is 16.2 Å². The summed E-state index contributed by atoms with van der Waals surface area (Å²) in [6.07, 6.45) is 3.90. The van der Waals surface area contributed by atoms with Gasteiger partial charge in [0.25, 0.3) is 0 Å². The average Bonchev–Trinajstić information content (AvgIpc) is 3.15. The first-order valence-electron chi connectivity index (χ1n) is 9.31. The molecule has 4 aromatic rings. The zero-order chi connectivity index (χ0) is 20.1. The van der Waals surface area contributed by atoms with E-state index in [4.69, 9.17) is 4.74 Å². The number of imidazole rings is 1. The van der Waals surface area contributed by atoms with E-state index in [1.165, 1.54) is 17.3 Å². The van der Waals surface area contributed by atoms with Crippen molar-refractivity contribution in [3.8, 4) is 5.75 Å². The molecule has 2 aromatic carbocycles. The van der Waals surface area contributed by atoms with Crippen LogP contribution in [0.25, 0.3) is 5.65 Å². The molecule has 0 atom stereocenters. The van der Waals surface area contributed by atoms with Crippen molar-refractivity contribution in [2.45, 2.75) is 18.4 Å². The number of pyridine rings is 1. The number of carbonyl (C=O) groups excluding carboxylic acids is 1. The number of ether oxygens (including phenoxy) is 1. The molecule has 1 N–H and O–H groups in total. The van der Waals surface area contributed by atoms with Gasteiger partial charge in [-0.25, -0.2) is 4.98 Å². The average molecular weight is 404 g/mol. The van der Waals surface area contributed by atoms with Crippen LogP contribution in [-0.2, 0) is 11.4 Å². The Morgan fingerprint density at radius 1 is 1.10 bits per heavy atom. The first-order valence-corrected chi connectivity index (χ1v) is 10.3. The number of rotatable bonds is 7. The Balaban J connectivity index is 1.33. The molecule has 4 rings (SSSR count). The number of benzene rings is 2. The quantitative estimate of drug-likeness (QED) is 0.444. The fourth-order valence-corrected chi connectivity index (χ4v) is 3.77. The summed E-state index contributed by atoms with van der Waals surface area (Å²) in [5.41, 5.74) is 3.62. The number of amides is 1. The predicted molar refractivity (Wildman–Crippen MR) is 116 cm³/mol. The maximum Gasteiger partial charge on any atom is 0.234 e. The van der Waals surface area contributed by atoms with Gasteiger partial charge in [-0.3, -0.25) is 4.79 Å². The second kappa shape index (κ2) is 8.84. The van der Waals surface area contributed by atoms with Gasteiger partial charge >= 0.3 is 0 Å². The van der Waals surface area contributed by atoms with E-state index in [1.54, 1.807) is 0 Å². The lowest BCUT2D eigenvalue weighted by Gasteiger charge is -2.09. The van der Waals surface area contributed by atoms with Gasteiger partial charge in [0.1, 0.15) is 18.0 Å². The Hall–Kier alpha value is -3.25. The lowest BCUT2D eigenvalue weighted by atomic mass is 10.2. The predicted octanol–water partition coefficient (Wildman–Crippen LogP) is 4.95. The van der Waals surface area contributed by atoms with Crippen LogP contribution in [0.4, 0.5) is 5.69 Å². The van der Waals surface area contributed by atoms with E-state index in [2.05, 4.69) is 10.3 Å². The van der Waals surface area contributed by atoms with Crippen molar-refractivity contribution in [3.63, 3.8) is 0 Å². The maximum absolute atomic E-state index is 12.3. The fourth-order valence-electron chi connectivity index (χ4n) is 2.94.